The van der Waals surface area contributed by atoms with Gasteiger partial charge in [0.25, 0.3) is 5.91 Å². The van der Waals surface area contributed by atoms with Crippen LogP contribution in [0, 0.1) is 5.92 Å². The van der Waals surface area contributed by atoms with Gasteiger partial charge in [-0.05, 0) is 24.0 Å². The summed E-state index contributed by atoms with van der Waals surface area (Å²) in [4.78, 5) is 14.3. The van der Waals surface area contributed by atoms with Gasteiger partial charge in [-0.15, -0.1) is 0 Å². The summed E-state index contributed by atoms with van der Waals surface area (Å²) in [5.74, 6) is 1.02. The number of fused-ring (bicyclic) bond motifs is 1. The molecule has 2 heterocycles. The molecule has 19 heavy (non-hydrogen) atoms. The van der Waals surface area contributed by atoms with E-state index in [1.807, 2.05) is 36.1 Å². The molecule has 1 aromatic rings. The fraction of sp³-hybridized carbons (Fsp3) is 0.533. The second-order valence-electron chi connectivity index (χ2n) is 5.54. The molecule has 0 bridgehead atoms. The van der Waals surface area contributed by atoms with Crippen LogP contribution in [0.4, 0.5) is 0 Å². The van der Waals surface area contributed by atoms with Gasteiger partial charge in [0, 0.05) is 19.5 Å². The third-order valence-corrected chi connectivity index (χ3v) is 4.09. The summed E-state index contributed by atoms with van der Waals surface area (Å²) in [5.41, 5.74) is 1.10. The minimum Gasteiger partial charge on any atom is -0.480 e. The number of aliphatic hydroxyl groups is 1. The molecule has 4 heteroatoms. The van der Waals surface area contributed by atoms with Crippen LogP contribution in [-0.2, 0) is 11.2 Å². The van der Waals surface area contributed by atoms with Crippen molar-refractivity contribution < 1.29 is 14.6 Å². The quantitative estimate of drug-likeness (QED) is 0.827. The van der Waals surface area contributed by atoms with Crippen molar-refractivity contribution >= 4 is 5.91 Å². The summed E-state index contributed by atoms with van der Waals surface area (Å²) < 4.78 is 5.73. The number of likely N-dealkylation sites (tertiary alicyclic amines) is 1. The highest BCUT2D eigenvalue weighted by molar-refractivity contribution is 5.82. The minimum atomic E-state index is -0.389. The molecule has 4 nitrogen and oxygen atoms in total. The molecule has 1 amide bonds. The fourth-order valence-corrected chi connectivity index (χ4v) is 2.86. The largest absolute Gasteiger partial charge is 0.480 e. The van der Waals surface area contributed by atoms with Crippen molar-refractivity contribution in [2.75, 3.05) is 13.1 Å². The summed E-state index contributed by atoms with van der Waals surface area (Å²) >= 11 is 0. The van der Waals surface area contributed by atoms with E-state index in [2.05, 4.69) is 0 Å². The van der Waals surface area contributed by atoms with Gasteiger partial charge in [-0.25, -0.2) is 0 Å². The zero-order valence-electron chi connectivity index (χ0n) is 11.1. The van der Waals surface area contributed by atoms with E-state index in [9.17, 15) is 9.90 Å². The number of piperidine rings is 1. The van der Waals surface area contributed by atoms with Crippen LogP contribution < -0.4 is 4.74 Å². The van der Waals surface area contributed by atoms with Crippen LogP contribution in [0.5, 0.6) is 5.75 Å². The second-order valence-corrected chi connectivity index (χ2v) is 5.54. The molecule has 0 spiro atoms. The molecule has 3 rings (SSSR count). The zero-order chi connectivity index (χ0) is 13.4. The lowest BCUT2D eigenvalue weighted by Crippen LogP contribution is -2.49. The average molecular weight is 261 g/mol. The van der Waals surface area contributed by atoms with Crippen LogP contribution in [0.1, 0.15) is 18.9 Å². The Hall–Kier alpha value is -1.55. The highest BCUT2D eigenvalue weighted by Crippen LogP contribution is 2.29. The van der Waals surface area contributed by atoms with Crippen LogP contribution in [0.2, 0.25) is 0 Å². The third kappa shape index (κ3) is 2.32. The van der Waals surface area contributed by atoms with E-state index in [0.29, 0.717) is 25.9 Å². The molecule has 0 radical (unpaired) electrons. The van der Waals surface area contributed by atoms with E-state index in [1.165, 1.54) is 0 Å². The monoisotopic (exact) mass is 261 g/mol. The van der Waals surface area contributed by atoms with Crippen molar-refractivity contribution in [2.24, 2.45) is 5.92 Å². The number of carbonyl (C=O) groups is 1. The molecule has 1 saturated heterocycles. The lowest BCUT2D eigenvalue weighted by Gasteiger charge is -2.35. The van der Waals surface area contributed by atoms with E-state index in [-0.39, 0.29) is 24.0 Å². The number of carbonyl (C=O) groups excluding carboxylic acids is 1. The number of hydrogen-bond acceptors (Lipinski definition) is 3. The van der Waals surface area contributed by atoms with Crippen molar-refractivity contribution in [3.63, 3.8) is 0 Å². The third-order valence-electron chi connectivity index (χ3n) is 4.09. The van der Waals surface area contributed by atoms with E-state index < -0.39 is 0 Å². The Morgan fingerprint density at radius 2 is 2.21 bits per heavy atom. The molecular formula is C15H19NO3. The summed E-state index contributed by atoms with van der Waals surface area (Å²) in [6.45, 7) is 3.23. The highest BCUT2D eigenvalue weighted by Gasteiger charge is 2.35. The molecule has 3 unspecified atom stereocenters. The Morgan fingerprint density at radius 3 is 2.95 bits per heavy atom. The van der Waals surface area contributed by atoms with Crippen molar-refractivity contribution in [3.8, 4) is 5.75 Å². The van der Waals surface area contributed by atoms with E-state index in [0.717, 1.165) is 11.3 Å². The summed E-state index contributed by atoms with van der Waals surface area (Å²) in [7, 11) is 0. The first kappa shape index (κ1) is 12.5. The predicted molar refractivity (Wildman–Crippen MR) is 70.9 cm³/mol. The minimum absolute atomic E-state index is 0.0509. The number of nitrogens with zero attached hydrogens (tertiary/aromatic N) is 1. The van der Waals surface area contributed by atoms with Crippen LogP contribution in [0.15, 0.2) is 24.3 Å². The summed E-state index contributed by atoms with van der Waals surface area (Å²) in [6, 6.07) is 7.80. The number of amides is 1. The number of benzene rings is 1. The van der Waals surface area contributed by atoms with Crippen molar-refractivity contribution in [1.29, 1.82) is 0 Å². The molecule has 2 aliphatic rings. The second kappa shape index (κ2) is 4.85. The maximum absolute atomic E-state index is 12.4. The molecule has 2 aliphatic heterocycles. The van der Waals surface area contributed by atoms with Gasteiger partial charge in [0.05, 0.1) is 6.10 Å². The molecule has 3 atom stereocenters. The van der Waals surface area contributed by atoms with Gasteiger partial charge in [0.1, 0.15) is 5.75 Å². The molecular weight excluding hydrogens is 242 g/mol. The van der Waals surface area contributed by atoms with Crippen LogP contribution in [0.25, 0.3) is 0 Å². The highest BCUT2D eigenvalue weighted by atomic mass is 16.5. The standard InChI is InChI=1S/C15H19NO3/c1-10-9-16(7-6-12(10)17)15(18)14-8-11-4-2-3-5-13(11)19-14/h2-5,10,12,14,17H,6-9H2,1H3. The van der Waals surface area contributed by atoms with Gasteiger partial charge in [0.2, 0.25) is 0 Å². The van der Waals surface area contributed by atoms with Crippen LogP contribution in [-0.4, -0.2) is 41.2 Å². The Labute approximate surface area is 113 Å². The molecule has 1 aromatic carbocycles. The zero-order valence-corrected chi connectivity index (χ0v) is 11.1. The predicted octanol–water partition coefficient (Wildman–Crippen LogP) is 1.22. The van der Waals surface area contributed by atoms with Gasteiger partial charge in [-0.2, -0.15) is 0 Å². The Morgan fingerprint density at radius 1 is 1.42 bits per heavy atom. The smallest absolute Gasteiger partial charge is 0.264 e. The van der Waals surface area contributed by atoms with Gasteiger partial charge in [-0.3, -0.25) is 4.79 Å². The molecule has 0 aliphatic carbocycles. The Balaban J connectivity index is 1.67. The van der Waals surface area contributed by atoms with Gasteiger partial charge in [-0.1, -0.05) is 25.1 Å². The first-order valence-corrected chi connectivity index (χ1v) is 6.86. The van der Waals surface area contributed by atoms with Gasteiger partial charge in [0.15, 0.2) is 6.10 Å². The first-order chi connectivity index (χ1) is 9.15. The van der Waals surface area contributed by atoms with E-state index in [4.69, 9.17) is 4.74 Å². The van der Waals surface area contributed by atoms with Crippen molar-refractivity contribution in [2.45, 2.75) is 32.0 Å². The van der Waals surface area contributed by atoms with Crippen molar-refractivity contribution in [3.05, 3.63) is 29.8 Å². The maximum atomic E-state index is 12.4. The van der Waals surface area contributed by atoms with Crippen LogP contribution in [0.3, 0.4) is 0 Å². The molecule has 1 N–H and O–H groups in total. The molecule has 102 valence electrons. The fourth-order valence-electron chi connectivity index (χ4n) is 2.86. The normalized spacial score (nSPS) is 29.8. The van der Waals surface area contributed by atoms with Gasteiger partial charge < -0.3 is 14.7 Å². The maximum Gasteiger partial charge on any atom is 0.264 e. The topological polar surface area (TPSA) is 49.8 Å². The number of hydrogen-bond donors (Lipinski definition) is 1. The number of para-hydroxylation sites is 1. The van der Waals surface area contributed by atoms with Crippen LogP contribution >= 0.6 is 0 Å². The average Bonchev–Trinajstić information content (AvgIpc) is 2.85. The van der Waals surface area contributed by atoms with E-state index >= 15 is 0 Å². The SMILES string of the molecule is CC1CN(C(=O)C2Cc3ccccc3O2)CCC1O. The van der Waals surface area contributed by atoms with Gasteiger partial charge >= 0.3 is 0 Å². The van der Waals surface area contributed by atoms with E-state index in [1.54, 1.807) is 0 Å². The summed E-state index contributed by atoms with van der Waals surface area (Å²) in [5, 5.41) is 9.72. The molecule has 0 saturated carbocycles. The lowest BCUT2D eigenvalue weighted by atomic mass is 9.96. The molecule has 0 aromatic heterocycles. The van der Waals surface area contributed by atoms with Crippen molar-refractivity contribution in [1.82, 2.24) is 4.90 Å². The molecule has 1 fully saturated rings. The number of aliphatic hydroxyl groups excluding tert-OH is 1. The number of rotatable bonds is 1. The summed E-state index contributed by atoms with van der Waals surface area (Å²) in [6.07, 6.45) is 0.639. The Kier molecular flexibility index (Phi) is 3.19. The lowest BCUT2D eigenvalue weighted by molar-refractivity contribution is -0.141. The first-order valence-electron chi connectivity index (χ1n) is 6.86. The Bertz CT molecular complexity index is 463. The number of ether oxygens (including phenoxy) is 1.